The van der Waals surface area contributed by atoms with Crippen molar-refractivity contribution in [2.45, 2.75) is 13.8 Å². The third-order valence-electron chi connectivity index (χ3n) is 3.45. The highest BCUT2D eigenvalue weighted by Crippen LogP contribution is 2.25. The van der Waals surface area contributed by atoms with Gasteiger partial charge in [0, 0.05) is 13.1 Å². The summed E-state index contributed by atoms with van der Waals surface area (Å²) in [7, 11) is 0. The number of aromatic nitrogens is 2. The predicted octanol–water partition coefficient (Wildman–Crippen LogP) is 3.65. The lowest BCUT2D eigenvalue weighted by atomic mass is 10.0. The van der Waals surface area contributed by atoms with Gasteiger partial charge in [-0.05, 0) is 41.8 Å². The molecule has 0 N–H and O–H groups in total. The maximum absolute atomic E-state index is 13.7. The van der Waals surface area contributed by atoms with Gasteiger partial charge in [0.1, 0.15) is 17.2 Å². The van der Waals surface area contributed by atoms with Crippen molar-refractivity contribution >= 4 is 11.4 Å². The number of nitrogens with zero attached hydrogens (tertiary/aromatic N) is 2. The van der Waals surface area contributed by atoms with E-state index in [0.717, 1.165) is 11.1 Å². The SMILES string of the molecule is CC(=O)c1cnc2ccc(-c3cccc(F)c3C)cn12. The van der Waals surface area contributed by atoms with Gasteiger partial charge in [0.05, 0.1) is 6.20 Å². The Kier molecular flexibility index (Phi) is 2.86. The second kappa shape index (κ2) is 4.56. The van der Waals surface area contributed by atoms with Crippen molar-refractivity contribution in [3.63, 3.8) is 0 Å². The molecule has 0 spiro atoms. The Hall–Kier alpha value is -2.49. The first-order chi connectivity index (χ1) is 9.58. The standard InChI is InChI=1S/C16H13FN2O/c1-10-13(4-3-5-14(10)17)12-6-7-16-18-8-15(11(2)20)19(16)9-12/h3-9H,1-2H3. The third kappa shape index (κ3) is 1.90. The van der Waals surface area contributed by atoms with E-state index in [9.17, 15) is 9.18 Å². The average Bonchev–Trinajstić information content (AvgIpc) is 2.85. The third-order valence-corrected chi connectivity index (χ3v) is 3.45. The predicted molar refractivity (Wildman–Crippen MR) is 75.3 cm³/mol. The van der Waals surface area contributed by atoms with Crippen LogP contribution in [-0.4, -0.2) is 15.2 Å². The smallest absolute Gasteiger partial charge is 0.178 e. The van der Waals surface area contributed by atoms with Crippen LogP contribution in [0, 0.1) is 12.7 Å². The van der Waals surface area contributed by atoms with Gasteiger partial charge in [-0.2, -0.15) is 0 Å². The zero-order valence-corrected chi connectivity index (χ0v) is 11.2. The van der Waals surface area contributed by atoms with E-state index >= 15 is 0 Å². The van der Waals surface area contributed by atoms with E-state index in [2.05, 4.69) is 4.98 Å². The summed E-state index contributed by atoms with van der Waals surface area (Å²) in [6.45, 7) is 3.25. The molecule has 20 heavy (non-hydrogen) atoms. The summed E-state index contributed by atoms with van der Waals surface area (Å²) in [4.78, 5) is 15.8. The van der Waals surface area contributed by atoms with Crippen molar-refractivity contribution in [2.75, 3.05) is 0 Å². The summed E-state index contributed by atoms with van der Waals surface area (Å²) >= 11 is 0. The van der Waals surface area contributed by atoms with Crippen LogP contribution in [0.4, 0.5) is 4.39 Å². The van der Waals surface area contributed by atoms with Crippen LogP contribution in [0.3, 0.4) is 0 Å². The fourth-order valence-electron chi connectivity index (χ4n) is 2.32. The Morgan fingerprint density at radius 3 is 2.80 bits per heavy atom. The molecular weight excluding hydrogens is 255 g/mol. The molecule has 3 aromatic rings. The number of pyridine rings is 1. The Morgan fingerprint density at radius 1 is 1.25 bits per heavy atom. The van der Waals surface area contributed by atoms with E-state index in [1.807, 2.05) is 24.4 Å². The summed E-state index contributed by atoms with van der Waals surface area (Å²) in [6.07, 6.45) is 3.38. The van der Waals surface area contributed by atoms with Crippen molar-refractivity contribution in [1.29, 1.82) is 0 Å². The van der Waals surface area contributed by atoms with Crippen LogP contribution in [0.1, 0.15) is 23.0 Å². The molecule has 2 aromatic heterocycles. The minimum atomic E-state index is -0.236. The summed E-state index contributed by atoms with van der Waals surface area (Å²) in [5.41, 5.74) is 3.49. The Bertz CT molecular complexity index is 820. The molecule has 4 heteroatoms. The highest BCUT2D eigenvalue weighted by molar-refractivity contribution is 5.93. The summed E-state index contributed by atoms with van der Waals surface area (Å²) in [5, 5.41) is 0. The molecule has 0 aliphatic carbocycles. The quantitative estimate of drug-likeness (QED) is 0.665. The number of fused-ring (bicyclic) bond motifs is 1. The van der Waals surface area contributed by atoms with Gasteiger partial charge >= 0.3 is 0 Å². The fraction of sp³-hybridized carbons (Fsp3) is 0.125. The molecule has 3 nitrogen and oxygen atoms in total. The molecule has 1 aromatic carbocycles. The lowest BCUT2D eigenvalue weighted by molar-refractivity contribution is 0.101. The summed E-state index contributed by atoms with van der Waals surface area (Å²) in [6, 6.07) is 8.70. The molecule has 3 rings (SSSR count). The van der Waals surface area contributed by atoms with Crippen molar-refractivity contribution in [3.8, 4) is 11.1 Å². The van der Waals surface area contributed by atoms with Gasteiger partial charge in [0.15, 0.2) is 5.78 Å². The van der Waals surface area contributed by atoms with Gasteiger partial charge in [-0.1, -0.05) is 12.1 Å². The van der Waals surface area contributed by atoms with Crippen molar-refractivity contribution in [1.82, 2.24) is 9.38 Å². The first-order valence-electron chi connectivity index (χ1n) is 6.31. The Labute approximate surface area is 115 Å². The fourth-order valence-corrected chi connectivity index (χ4v) is 2.32. The van der Waals surface area contributed by atoms with Gasteiger partial charge in [-0.3, -0.25) is 9.20 Å². The topological polar surface area (TPSA) is 34.4 Å². The van der Waals surface area contributed by atoms with Gasteiger partial charge in [0.2, 0.25) is 0 Å². The molecule has 0 amide bonds. The monoisotopic (exact) mass is 268 g/mol. The molecule has 0 saturated heterocycles. The van der Waals surface area contributed by atoms with Crippen LogP contribution in [0.2, 0.25) is 0 Å². The van der Waals surface area contributed by atoms with Crippen molar-refractivity contribution < 1.29 is 9.18 Å². The molecule has 0 radical (unpaired) electrons. The second-order valence-corrected chi connectivity index (χ2v) is 4.76. The Morgan fingerprint density at radius 2 is 2.05 bits per heavy atom. The lowest BCUT2D eigenvalue weighted by Crippen LogP contribution is -1.99. The normalized spacial score (nSPS) is 10.9. The van der Waals surface area contributed by atoms with E-state index in [4.69, 9.17) is 0 Å². The zero-order valence-electron chi connectivity index (χ0n) is 11.2. The van der Waals surface area contributed by atoms with Gasteiger partial charge in [-0.25, -0.2) is 9.37 Å². The van der Waals surface area contributed by atoms with Crippen LogP contribution in [-0.2, 0) is 0 Å². The Balaban J connectivity index is 2.24. The lowest BCUT2D eigenvalue weighted by Gasteiger charge is -2.08. The van der Waals surface area contributed by atoms with E-state index in [1.165, 1.54) is 13.0 Å². The number of hydrogen-bond donors (Lipinski definition) is 0. The zero-order chi connectivity index (χ0) is 14.3. The summed E-state index contributed by atoms with van der Waals surface area (Å²) in [5.74, 6) is -0.286. The van der Waals surface area contributed by atoms with Crippen LogP contribution >= 0.6 is 0 Å². The van der Waals surface area contributed by atoms with Gasteiger partial charge in [0.25, 0.3) is 0 Å². The van der Waals surface area contributed by atoms with E-state index in [1.54, 1.807) is 23.6 Å². The van der Waals surface area contributed by atoms with Gasteiger partial charge < -0.3 is 0 Å². The van der Waals surface area contributed by atoms with Crippen LogP contribution in [0.5, 0.6) is 0 Å². The molecule has 0 atom stereocenters. The molecule has 0 bridgehead atoms. The number of imidazole rings is 1. The molecule has 0 aliphatic rings. The van der Waals surface area contributed by atoms with Crippen molar-refractivity contribution in [2.24, 2.45) is 0 Å². The highest BCUT2D eigenvalue weighted by atomic mass is 19.1. The molecule has 100 valence electrons. The van der Waals surface area contributed by atoms with E-state index in [-0.39, 0.29) is 11.6 Å². The number of rotatable bonds is 2. The molecule has 2 heterocycles. The average molecular weight is 268 g/mol. The minimum absolute atomic E-state index is 0.0504. The van der Waals surface area contributed by atoms with Gasteiger partial charge in [-0.15, -0.1) is 0 Å². The van der Waals surface area contributed by atoms with Crippen LogP contribution in [0.25, 0.3) is 16.8 Å². The van der Waals surface area contributed by atoms with Crippen molar-refractivity contribution in [3.05, 3.63) is 59.8 Å². The number of ketones is 1. The van der Waals surface area contributed by atoms with Crippen LogP contribution in [0.15, 0.2) is 42.7 Å². The van der Waals surface area contributed by atoms with Crippen LogP contribution < -0.4 is 0 Å². The highest BCUT2D eigenvalue weighted by Gasteiger charge is 2.10. The number of halogens is 1. The summed E-state index contributed by atoms with van der Waals surface area (Å²) < 4.78 is 15.4. The first-order valence-corrected chi connectivity index (χ1v) is 6.31. The second-order valence-electron chi connectivity index (χ2n) is 4.76. The number of Topliss-reactive ketones (excluding diaryl/α,β-unsaturated/α-hetero) is 1. The molecule has 0 saturated carbocycles. The molecule has 0 unspecified atom stereocenters. The largest absolute Gasteiger partial charge is 0.296 e. The molecule has 0 fully saturated rings. The molecular formula is C16H13FN2O. The number of hydrogen-bond acceptors (Lipinski definition) is 2. The number of benzene rings is 1. The van der Waals surface area contributed by atoms with E-state index < -0.39 is 0 Å². The minimum Gasteiger partial charge on any atom is -0.296 e. The maximum atomic E-state index is 13.7. The molecule has 0 aliphatic heterocycles. The van der Waals surface area contributed by atoms with E-state index in [0.29, 0.717) is 16.9 Å². The number of carbonyl (C=O) groups excluding carboxylic acids is 1. The number of carbonyl (C=O) groups is 1. The maximum Gasteiger partial charge on any atom is 0.178 e. The first kappa shape index (κ1) is 12.5.